The quantitative estimate of drug-likeness (QED) is 0.839. The zero-order valence-electron chi connectivity index (χ0n) is 8.74. The van der Waals surface area contributed by atoms with Gasteiger partial charge in [-0.3, -0.25) is 0 Å². The first kappa shape index (κ1) is 9.60. The van der Waals surface area contributed by atoms with Crippen LogP contribution in [0.25, 0.3) is 0 Å². The van der Waals surface area contributed by atoms with Gasteiger partial charge >= 0.3 is 0 Å². The molecule has 0 amide bonds. The Balaban J connectivity index is 1.82. The molecule has 1 atom stereocenters. The van der Waals surface area contributed by atoms with Gasteiger partial charge in [-0.1, -0.05) is 0 Å². The first-order valence-electron chi connectivity index (χ1n) is 5.68. The summed E-state index contributed by atoms with van der Waals surface area (Å²) in [7, 11) is 0. The van der Waals surface area contributed by atoms with Gasteiger partial charge in [-0.05, 0) is 25.7 Å². The van der Waals surface area contributed by atoms with E-state index in [2.05, 4.69) is 0 Å². The summed E-state index contributed by atoms with van der Waals surface area (Å²) >= 11 is 1.69. The molecular formula is C11H16N2OS. The molecule has 1 aromatic heterocycles. The lowest BCUT2D eigenvalue weighted by molar-refractivity contribution is 0.0796. The van der Waals surface area contributed by atoms with E-state index in [0.29, 0.717) is 5.92 Å². The summed E-state index contributed by atoms with van der Waals surface area (Å²) in [4.78, 5) is 4.71. The van der Waals surface area contributed by atoms with E-state index in [0.717, 1.165) is 36.2 Å². The smallest absolute Gasteiger partial charge is 0.110 e. The minimum absolute atomic E-state index is 0.447. The summed E-state index contributed by atoms with van der Waals surface area (Å²) < 4.78 is 5.49. The number of hydrogen-bond acceptors (Lipinski definition) is 4. The van der Waals surface area contributed by atoms with Crippen molar-refractivity contribution in [1.82, 2.24) is 4.98 Å². The Bertz CT molecular complexity index is 353. The molecule has 3 rings (SSSR count). The lowest BCUT2D eigenvalue weighted by atomic mass is 9.99. The Labute approximate surface area is 93.7 Å². The first-order valence-corrected chi connectivity index (χ1v) is 6.50. The predicted octanol–water partition coefficient (Wildman–Crippen LogP) is 2.50. The molecule has 2 fully saturated rings. The van der Waals surface area contributed by atoms with Gasteiger partial charge < -0.3 is 10.5 Å². The summed E-state index contributed by atoms with van der Waals surface area (Å²) in [5.74, 6) is 1.16. The largest absolute Gasteiger partial charge is 0.389 e. The minimum Gasteiger partial charge on any atom is -0.389 e. The van der Waals surface area contributed by atoms with Crippen LogP contribution in [0, 0.1) is 0 Å². The molecule has 1 unspecified atom stereocenters. The predicted molar refractivity (Wildman–Crippen MR) is 61.3 cm³/mol. The SMILES string of the molecule is Nc1sc(C2CC2)nc1C1CCCOC1. The summed E-state index contributed by atoms with van der Waals surface area (Å²) in [6.07, 6.45) is 4.92. The molecule has 3 nitrogen and oxygen atoms in total. The van der Waals surface area contributed by atoms with Crippen LogP contribution in [0.5, 0.6) is 0 Å². The highest BCUT2D eigenvalue weighted by Gasteiger charge is 2.30. The molecule has 0 bridgehead atoms. The van der Waals surface area contributed by atoms with Crippen molar-refractivity contribution in [2.75, 3.05) is 18.9 Å². The van der Waals surface area contributed by atoms with Gasteiger partial charge in [0.15, 0.2) is 0 Å². The normalized spacial score (nSPS) is 26.8. The number of ether oxygens (including phenoxy) is 1. The highest BCUT2D eigenvalue weighted by atomic mass is 32.1. The lowest BCUT2D eigenvalue weighted by Crippen LogP contribution is -2.16. The van der Waals surface area contributed by atoms with Crippen molar-refractivity contribution in [3.05, 3.63) is 10.7 Å². The molecule has 82 valence electrons. The Morgan fingerprint density at radius 3 is 2.80 bits per heavy atom. The van der Waals surface area contributed by atoms with E-state index >= 15 is 0 Å². The second-order valence-corrected chi connectivity index (χ2v) is 5.55. The van der Waals surface area contributed by atoms with Crippen LogP contribution in [0.3, 0.4) is 0 Å². The number of nitrogen functional groups attached to an aromatic ring is 1. The molecule has 1 aliphatic carbocycles. The molecule has 1 aliphatic heterocycles. The molecule has 1 saturated heterocycles. The number of nitrogens with zero attached hydrogens (tertiary/aromatic N) is 1. The Morgan fingerprint density at radius 1 is 1.27 bits per heavy atom. The average Bonchev–Trinajstić information content (AvgIpc) is 3.04. The first-order chi connectivity index (χ1) is 7.34. The number of anilines is 1. The highest BCUT2D eigenvalue weighted by molar-refractivity contribution is 7.15. The number of nitrogens with two attached hydrogens (primary N) is 1. The summed E-state index contributed by atoms with van der Waals surface area (Å²) in [6.45, 7) is 1.70. The second kappa shape index (κ2) is 3.76. The third-order valence-electron chi connectivity index (χ3n) is 3.17. The van der Waals surface area contributed by atoms with Crippen molar-refractivity contribution < 1.29 is 4.74 Å². The van der Waals surface area contributed by atoms with E-state index in [1.165, 1.54) is 24.3 Å². The standard InChI is InChI=1S/C11H16N2OS/c12-10-9(8-2-1-5-14-6-8)13-11(15-10)7-3-4-7/h7-8H,1-6,12H2. The van der Waals surface area contributed by atoms with Gasteiger partial charge in [0.2, 0.25) is 0 Å². The zero-order valence-corrected chi connectivity index (χ0v) is 9.55. The summed E-state index contributed by atoms with van der Waals surface area (Å²) in [6, 6.07) is 0. The van der Waals surface area contributed by atoms with E-state index in [1.54, 1.807) is 11.3 Å². The van der Waals surface area contributed by atoms with Crippen molar-refractivity contribution in [3.8, 4) is 0 Å². The average molecular weight is 224 g/mol. The summed E-state index contributed by atoms with van der Waals surface area (Å²) in [5, 5.41) is 2.18. The topological polar surface area (TPSA) is 48.1 Å². The van der Waals surface area contributed by atoms with Crippen molar-refractivity contribution in [3.63, 3.8) is 0 Å². The molecule has 0 aromatic carbocycles. The Morgan fingerprint density at radius 2 is 2.13 bits per heavy atom. The van der Waals surface area contributed by atoms with Crippen LogP contribution >= 0.6 is 11.3 Å². The fourth-order valence-corrected chi connectivity index (χ4v) is 3.20. The molecule has 4 heteroatoms. The molecule has 0 spiro atoms. The Hall–Kier alpha value is -0.610. The summed E-state index contributed by atoms with van der Waals surface area (Å²) in [5.41, 5.74) is 7.15. The van der Waals surface area contributed by atoms with Crippen LogP contribution < -0.4 is 5.73 Å². The molecular weight excluding hydrogens is 208 g/mol. The highest BCUT2D eigenvalue weighted by Crippen LogP contribution is 2.45. The maximum atomic E-state index is 6.04. The molecule has 2 heterocycles. The lowest BCUT2D eigenvalue weighted by Gasteiger charge is -2.20. The van der Waals surface area contributed by atoms with Gasteiger partial charge in [0.25, 0.3) is 0 Å². The molecule has 1 saturated carbocycles. The maximum absolute atomic E-state index is 6.04. The third kappa shape index (κ3) is 1.88. The molecule has 15 heavy (non-hydrogen) atoms. The number of hydrogen-bond donors (Lipinski definition) is 1. The van der Waals surface area contributed by atoms with Gasteiger partial charge in [-0.25, -0.2) is 4.98 Å². The Kier molecular flexibility index (Phi) is 2.41. The van der Waals surface area contributed by atoms with Crippen molar-refractivity contribution in [1.29, 1.82) is 0 Å². The minimum atomic E-state index is 0.447. The van der Waals surface area contributed by atoms with Gasteiger partial charge in [-0.15, -0.1) is 11.3 Å². The van der Waals surface area contributed by atoms with E-state index in [4.69, 9.17) is 15.5 Å². The van der Waals surface area contributed by atoms with E-state index in [1.807, 2.05) is 0 Å². The fraction of sp³-hybridized carbons (Fsp3) is 0.727. The second-order valence-electron chi connectivity index (χ2n) is 4.49. The molecule has 2 N–H and O–H groups in total. The monoisotopic (exact) mass is 224 g/mol. The third-order valence-corrected chi connectivity index (χ3v) is 4.23. The number of rotatable bonds is 2. The van der Waals surface area contributed by atoms with Gasteiger partial charge in [0, 0.05) is 18.4 Å². The van der Waals surface area contributed by atoms with E-state index in [9.17, 15) is 0 Å². The van der Waals surface area contributed by atoms with Gasteiger partial charge in [-0.2, -0.15) is 0 Å². The molecule has 2 aliphatic rings. The fourth-order valence-electron chi connectivity index (χ4n) is 2.12. The number of aromatic nitrogens is 1. The van der Waals surface area contributed by atoms with Crippen LogP contribution in [-0.4, -0.2) is 18.2 Å². The van der Waals surface area contributed by atoms with E-state index < -0.39 is 0 Å². The van der Waals surface area contributed by atoms with Crippen LogP contribution in [0.15, 0.2) is 0 Å². The molecule has 0 radical (unpaired) electrons. The van der Waals surface area contributed by atoms with Crippen molar-refractivity contribution in [2.45, 2.75) is 37.5 Å². The van der Waals surface area contributed by atoms with Gasteiger partial charge in [0.1, 0.15) is 5.00 Å². The molecule has 1 aromatic rings. The van der Waals surface area contributed by atoms with Crippen LogP contribution in [0.4, 0.5) is 5.00 Å². The van der Waals surface area contributed by atoms with Crippen LogP contribution in [0.1, 0.15) is 48.2 Å². The van der Waals surface area contributed by atoms with Crippen LogP contribution in [0.2, 0.25) is 0 Å². The van der Waals surface area contributed by atoms with Gasteiger partial charge in [0.05, 0.1) is 17.3 Å². The zero-order chi connectivity index (χ0) is 10.3. The maximum Gasteiger partial charge on any atom is 0.110 e. The van der Waals surface area contributed by atoms with Crippen LogP contribution in [-0.2, 0) is 4.74 Å². The van der Waals surface area contributed by atoms with Crippen molar-refractivity contribution >= 4 is 16.3 Å². The van der Waals surface area contributed by atoms with Crippen molar-refractivity contribution in [2.24, 2.45) is 0 Å². The van der Waals surface area contributed by atoms with E-state index in [-0.39, 0.29) is 0 Å². The number of thiazole rings is 1.